The summed E-state index contributed by atoms with van der Waals surface area (Å²) in [6.07, 6.45) is 2.67. The highest BCUT2D eigenvalue weighted by molar-refractivity contribution is 5.28. The molecule has 2 rings (SSSR count). The first-order valence-corrected chi connectivity index (χ1v) is 6.29. The van der Waals surface area contributed by atoms with Crippen molar-refractivity contribution in [2.24, 2.45) is 0 Å². The predicted octanol–water partition coefficient (Wildman–Crippen LogP) is 3.79. The van der Waals surface area contributed by atoms with Crippen LogP contribution in [0.2, 0.25) is 0 Å². The summed E-state index contributed by atoms with van der Waals surface area (Å²) in [6, 6.07) is 11.6. The van der Waals surface area contributed by atoms with Gasteiger partial charge >= 0.3 is 0 Å². The van der Waals surface area contributed by atoms with Gasteiger partial charge in [-0.05, 0) is 43.2 Å². The number of rotatable bonds is 5. The Bertz CT molecular complexity index is 462. The van der Waals surface area contributed by atoms with Gasteiger partial charge in [0, 0.05) is 6.04 Å². The monoisotopic (exact) mass is 245 g/mol. The second-order valence-electron chi connectivity index (χ2n) is 4.46. The first-order chi connectivity index (χ1) is 8.70. The summed E-state index contributed by atoms with van der Waals surface area (Å²) in [5.41, 5.74) is 1.17. The van der Waals surface area contributed by atoms with Crippen LogP contribution in [0, 0.1) is 0 Å². The van der Waals surface area contributed by atoms with Crippen LogP contribution in [0.3, 0.4) is 0 Å². The molecule has 0 amide bonds. The van der Waals surface area contributed by atoms with Gasteiger partial charge < -0.3 is 14.8 Å². The average Bonchev–Trinajstić information content (AvgIpc) is 2.91. The predicted molar refractivity (Wildman–Crippen MR) is 71.4 cm³/mol. The molecule has 0 saturated heterocycles. The van der Waals surface area contributed by atoms with Crippen LogP contribution in [-0.4, -0.2) is 5.11 Å². The molecule has 0 aliphatic rings. The molecule has 0 saturated carbocycles. The SMILES string of the molecule is CCC(N[C@@H](C)c1ccco1)c1ccc(O)cc1. The minimum atomic E-state index is 0.166. The Morgan fingerprint density at radius 3 is 2.50 bits per heavy atom. The van der Waals surface area contributed by atoms with Crippen LogP contribution in [0.25, 0.3) is 0 Å². The van der Waals surface area contributed by atoms with Crippen molar-refractivity contribution in [3.8, 4) is 5.75 Å². The summed E-state index contributed by atoms with van der Waals surface area (Å²) < 4.78 is 5.39. The summed E-state index contributed by atoms with van der Waals surface area (Å²) >= 11 is 0. The van der Waals surface area contributed by atoms with E-state index in [0.717, 1.165) is 12.2 Å². The number of hydrogen-bond acceptors (Lipinski definition) is 3. The van der Waals surface area contributed by atoms with Gasteiger partial charge in [0.15, 0.2) is 0 Å². The first-order valence-electron chi connectivity index (χ1n) is 6.29. The van der Waals surface area contributed by atoms with E-state index in [4.69, 9.17) is 4.42 Å². The molecule has 0 aliphatic carbocycles. The standard InChI is InChI=1S/C15H19NO2/c1-3-14(12-6-8-13(17)9-7-12)16-11(2)15-5-4-10-18-15/h4-11,14,16-17H,3H2,1-2H3/t11-,14?/m0/s1. The van der Waals surface area contributed by atoms with Crippen molar-refractivity contribution in [1.82, 2.24) is 5.32 Å². The van der Waals surface area contributed by atoms with Crippen molar-refractivity contribution < 1.29 is 9.52 Å². The minimum Gasteiger partial charge on any atom is -0.508 e. The van der Waals surface area contributed by atoms with Gasteiger partial charge in [0.05, 0.1) is 12.3 Å². The van der Waals surface area contributed by atoms with Gasteiger partial charge in [-0.25, -0.2) is 0 Å². The van der Waals surface area contributed by atoms with E-state index in [1.165, 1.54) is 5.56 Å². The highest BCUT2D eigenvalue weighted by Crippen LogP contribution is 2.23. The van der Waals surface area contributed by atoms with Crippen LogP contribution in [0.1, 0.15) is 43.7 Å². The van der Waals surface area contributed by atoms with Crippen LogP contribution >= 0.6 is 0 Å². The summed E-state index contributed by atoms with van der Waals surface area (Å²) in [7, 11) is 0. The first kappa shape index (κ1) is 12.7. The second kappa shape index (κ2) is 5.74. The van der Waals surface area contributed by atoms with Gasteiger partial charge in [0.2, 0.25) is 0 Å². The Morgan fingerprint density at radius 1 is 1.22 bits per heavy atom. The summed E-state index contributed by atoms with van der Waals surface area (Å²) in [5, 5.41) is 12.8. The van der Waals surface area contributed by atoms with E-state index in [0.29, 0.717) is 5.75 Å². The minimum absolute atomic E-state index is 0.166. The molecule has 1 aromatic carbocycles. The van der Waals surface area contributed by atoms with Gasteiger partial charge in [-0.1, -0.05) is 19.1 Å². The second-order valence-corrected chi connectivity index (χ2v) is 4.46. The molecule has 1 heterocycles. The Hall–Kier alpha value is -1.74. The lowest BCUT2D eigenvalue weighted by atomic mass is 10.0. The molecule has 2 aromatic rings. The van der Waals surface area contributed by atoms with Crippen LogP contribution < -0.4 is 5.32 Å². The molecular formula is C15H19NO2. The molecule has 96 valence electrons. The number of benzene rings is 1. The quantitative estimate of drug-likeness (QED) is 0.842. The van der Waals surface area contributed by atoms with Crippen LogP contribution in [-0.2, 0) is 0 Å². The van der Waals surface area contributed by atoms with E-state index >= 15 is 0 Å². The van der Waals surface area contributed by atoms with Crippen molar-refractivity contribution in [3.63, 3.8) is 0 Å². The lowest BCUT2D eigenvalue weighted by Gasteiger charge is -2.21. The van der Waals surface area contributed by atoms with Gasteiger partial charge in [0.25, 0.3) is 0 Å². The Kier molecular flexibility index (Phi) is 4.05. The van der Waals surface area contributed by atoms with Crippen LogP contribution in [0.4, 0.5) is 0 Å². The fraction of sp³-hybridized carbons (Fsp3) is 0.333. The number of aromatic hydroxyl groups is 1. The molecule has 3 nitrogen and oxygen atoms in total. The van der Waals surface area contributed by atoms with Crippen molar-refractivity contribution in [1.29, 1.82) is 0 Å². The number of phenolic OH excluding ortho intramolecular Hbond substituents is 1. The molecule has 2 atom stereocenters. The molecular weight excluding hydrogens is 226 g/mol. The summed E-state index contributed by atoms with van der Waals surface area (Å²) in [6.45, 7) is 4.22. The van der Waals surface area contributed by atoms with Gasteiger partial charge in [-0.15, -0.1) is 0 Å². The Morgan fingerprint density at radius 2 is 1.94 bits per heavy atom. The Balaban J connectivity index is 2.07. The zero-order valence-electron chi connectivity index (χ0n) is 10.8. The van der Waals surface area contributed by atoms with Gasteiger partial charge in [-0.2, -0.15) is 0 Å². The van der Waals surface area contributed by atoms with Crippen molar-refractivity contribution in [2.45, 2.75) is 32.4 Å². The number of hydrogen-bond donors (Lipinski definition) is 2. The molecule has 18 heavy (non-hydrogen) atoms. The van der Waals surface area contributed by atoms with Crippen molar-refractivity contribution in [2.75, 3.05) is 0 Å². The van der Waals surface area contributed by atoms with E-state index in [1.807, 2.05) is 24.3 Å². The summed E-state index contributed by atoms with van der Waals surface area (Å²) in [5.74, 6) is 1.24. The normalized spacial score (nSPS) is 14.3. The maximum Gasteiger partial charge on any atom is 0.120 e. The summed E-state index contributed by atoms with van der Waals surface area (Å²) in [4.78, 5) is 0. The lowest BCUT2D eigenvalue weighted by molar-refractivity contribution is 0.386. The van der Waals surface area contributed by atoms with Crippen LogP contribution in [0.15, 0.2) is 47.1 Å². The maximum absolute atomic E-state index is 9.31. The third kappa shape index (κ3) is 2.93. The molecule has 3 heteroatoms. The zero-order valence-corrected chi connectivity index (χ0v) is 10.8. The van der Waals surface area contributed by atoms with E-state index < -0.39 is 0 Å². The third-order valence-corrected chi connectivity index (χ3v) is 3.12. The van der Waals surface area contributed by atoms with Crippen LogP contribution in [0.5, 0.6) is 5.75 Å². The van der Waals surface area contributed by atoms with E-state index in [1.54, 1.807) is 18.4 Å². The average molecular weight is 245 g/mol. The molecule has 0 aliphatic heterocycles. The largest absolute Gasteiger partial charge is 0.508 e. The molecule has 2 N–H and O–H groups in total. The van der Waals surface area contributed by atoms with E-state index in [-0.39, 0.29) is 12.1 Å². The smallest absolute Gasteiger partial charge is 0.120 e. The lowest BCUT2D eigenvalue weighted by Crippen LogP contribution is -2.23. The molecule has 0 fully saturated rings. The number of furan rings is 1. The number of nitrogens with one attached hydrogen (secondary N) is 1. The van der Waals surface area contributed by atoms with E-state index in [2.05, 4.69) is 19.2 Å². The number of phenols is 1. The highest BCUT2D eigenvalue weighted by Gasteiger charge is 2.15. The van der Waals surface area contributed by atoms with E-state index in [9.17, 15) is 5.11 Å². The Labute approximate surface area is 107 Å². The topological polar surface area (TPSA) is 45.4 Å². The zero-order chi connectivity index (χ0) is 13.0. The fourth-order valence-corrected chi connectivity index (χ4v) is 2.08. The van der Waals surface area contributed by atoms with Crippen molar-refractivity contribution in [3.05, 3.63) is 54.0 Å². The molecule has 0 radical (unpaired) electrons. The molecule has 1 unspecified atom stereocenters. The highest BCUT2D eigenvalue weighted by atomic mass is 16.3. The molecule has 0 bridgehead atoms. The molecule has 0 spiro atoms. The van der Waals surface area contributed by atoms with Gasteiger partial charge in [0.1, 0.15) is 11.5 Å². The maximum atomic E-state index is 9.31. The van der Waals surface area contributed by atoms with Gasteiger partial charge in [-0.3, -0.25) is 0 Å². The molecule has 1 aromatic heterocycles. The van der Waals surface area contributed by atoms with Crippen molar-refractivity contribution >= 4 is 0 Å². The third-order valence-electron chi connectivity index (χ3n) is 3.12. The fourth-order valence-electron chi connectivity index (χ4n) is 2.08.